The number of thiazole rings is 1. The summed E-state index contributed by atoms with van der Waals surface area (Å²) >= 11 is 1.49. The highest BCUT2D eigenvalue weighted by molar-refractivity contribution is 7.22. The average Bonchev–Trinajstić information content (AvgIpc) is 3.06. The summed E-state index contributed by atoms with van der Waals surface area (Å²) in [4.78, 5) is 23.1. The lowest BCUT2D eigenvalue weighted by molar-refractivity contribution is 0.0933. The molecule has 1 saturated heterocycles. The van der Waals surface area contributed by atoms with Crippen molar-refractivity contribution in [2.45, 2.75) is 18.9 Å². The third-order valence-corrected chi connectivity index (χ3v) is 5.37. The number of nitrogens with zero attached hydrogens (tertiary/aromatic N) is 3. The Hall–Kier alpha value is -2.54. The predicted molar refractivity (Wildman–Crippen MR) is 96.5 cm³/mol. The van der Waals surface area contributed by atoms with Crippen LogP contribution in [-0.2, 0) is 0 Å². The fraction of sp³-hybridized carbons (Fsp3) is 0.278. The zero-order chi connectivity index (χ0) is 17.2. The number of rotatable bonds is 3. The molecule has 25 heavy (non-hydrogen) atoms. The molecule has 0 bridgehead atoms. The molecule has 5 nitrogen and oxygen atoms in total. The highest BCUT2D eigenvalue weighted by Crippen LogP contribution is 2.31. The van der Waals surface area contributed by atoms with Crippen LogP contribution in [0.4, 0.5) is 9.52 Å². The maximum absolute atomic E-state index is 13.4. The van der Waals surface area contributed by atoms with Gasteiger partial charge in [-0.1, -0.05) is 11.3 Å². The molecule has 4 rings (SSSR count). The topological polar surface area (TPSA) is 58.1 Å². The van der Waals surface area contributed by atoms with Gasteiger partial charge in [-0.3, -0.25) is 9.78 Å². The number of carbonyl (C=O) groups excluding carboxylic acids is 1. The lowest BCUT2D eigenvalue weighted by Gasteiger charge is -2.32. The van der Waals surface area contributed by atoms with Gasteiger partial charge in [-0.2, -0.15) is 0 Å². The van der Waals surface area contributed by atoms with Crippen molar-refractivity contribution >= 4 is 32.6 Å². The summed E-state index contributed by atoms with van der Waals surface area (Å²) in [6.07, 6.45) is 5.12. The van der Waals surface area contributed by atoms with Crippen molar-refractivity contribution in [2.75, 3.05) is 18.0 Å². The number of piperidine rings is 1. The van der Waals surface area contributed by atoms with Gasteiger partial charge in [0, 0.05) is 31.5 Å². The van der Waals surface area contributed by atoms with Crippen LogP contribution < -0.4 is 10.2 Å². The molecule has 1 amide bonds. The number of hydrogen-bond donors (Lipinski definition) is 1. The lowest BCUT2D eigenvalue weighted by atomic mass is 10.1. The number of carbonyl (C=O) groups is 1. The van der Waals surface area contributed by atoms with E-state index in [1.807, 2.05) is 0 Å². The van der Waals surface area contributed by atoms with Crippen LogP contribution in [-0.4, -0.2) is 35.0 Å². The number of anilines is 1. The highest BCUT2D eigenvalue weighted by atomic mass is 32.1. The molecule has 3 aromatic rings. The van der Waals surface area contributed by atoms with Gasteiger partial charge in [-0.05, 0) is 43.2 Å². The van der Waals surface area contributed by atoms with E-state index in [0.29, 0.717) is 12.1 Å². The van der Waals surface area contributed by atoms with Crippen LogP contribution in [0.5, 0.6) is 0 Å². The molecular weight excluding hydrogens is 339 g/mol. The van der Waals surface area contributed by atoms with Gasteiger partial charge in [-0.25, -0.2) is 9.37 Å². The molecule has 128 valence electrons. The van der Waals surface area contributed by atoms with Crippen LogP contribution in [0.15, 0.2) is 42.7 Å². The molecule has 0 radical (unpaired) electrons. The van der Waals surface area contributed by atoms with Gasteiger partial charge in [0.05, 0.1) is 15.8 Å². The molecule has 1 aliphatic heterocycles. The Kier molecular flexibility index (Phi) is 4.31. The maximum Gasteiger partial charge on any atom is 0.253 e. The molecule has 2 aromatic heterocycles. The van der Waals surface area contributed by atoms with E-state index in [1.54, 1.807) is 30.6 Å². The largest absolute Gasteiger partial charge is 0.347 e. The van der Waals surface area contributed by atoms with Gasteiger partial charge in [0.1, 0.15) is 5.82 Å². The van der Waals surface area contributed by atoms with Crippen molar-refractivity contribution in [2.24, 2.45) is 0 Å². The summed E-state index contributed by atoms with van der Waals surface area (Å²) in [5, 5.41) is 3.95. The second kappa shape index (κ2) is 6.76. The van der Waals surface area contributed by atoms with Crippen LogP contribution in [0.3, 0.4) is 0 Å². The molecule has 0 saturated carbocycles. The first-order valence-corrected chi connectivity index (χ1v) is 9.02. The summed E-state index contributed by atoms with van der Waals surface area (Å²) in [6, 6.07) is 8.22. The molecule has 1 aliphatic rings. The number of hydrogen-bond acceptors (Lipinski definition) is 5. The Bertz CT molecular complexity index is 898. The Balaban J connectivity index is 1.47. The van der Waals surface area contributed by atoms with E-state index in [0.717, 1.165) is 34.7 Å². The number of benzene rings is 1. The van der Waals surface area contributed by atoms with Gasteiger partial charge in [0.15, 0.2) is 5.13 Å². The summed E-state index contributed by atoms with van der Waals surface area (Å²) in [5.74, 6) is -0.353. The Morgan fingerprint density at radius 2 is 2.28 bits per heavy atom. The molecule has 3 heterocycles. The normalized spacial score (nSPS) is 17.6. The average molecular weight is 356 g/mol. The molecule has 0 aliphatic carbocycles. The number of aromatic nitrogens is 2. The Morgan fingerprint density at radius 1 is 1.36 bits per heavy atom. The molecule has 1 aromatic carbocycles. The van der Waals surface area contributed by atoms with E-state index in [1.165, 1.54) is 23.5 Å². The summed E-state index contributed by atoms with van der Waals surface area (Å²) < 4.78 is 14.2. The summed E-state index contributed by atoms with van der Waals surface area (Å²) in [7, 11) is 0. The molecule has 1 unspecified atom stereocenters. The zero-order valence-corrected chi connectivity index (χ0v) is 14.3. The first-order chi connectivity index (χ1) is 12.2. The minimum Gasteiger partial charge on any atom is -0.347 e. The molecule has 7 heteroatoms. The number of pyridine rings is 1. The van der Waals surface area contributed by atoms with Gasteiger partial charge in [-0.15, -0.1) is 0 Å². The fourth-order valence-corrected chi connectivity index (χ4v) is 4.08. The standard InChI is InChI=1S/C18H17FN4OS/c19-13-5-6-15-16(9-13)25-18(22-15)23-8-2-4-14(11-23)21-17(24)12-3-1-7-20-10-12/h1,3,5-7,9-10,14H,2,4,8,11H2,(H,21,24). The maximum atomic E-state index is 13.4. The van der Waals surface area contributed by atoms with Crippen molar-refractivity contribution in [1.82, 2.24) is 15.3 Å². The van der Waals surface area contributed by atoms with Crippen LogP contribution in [0.2, 0.25) is 0 Å². The number of halogens is 1. The van der Waals surface area contributed by atoms with Crippen molar-refractivity contribution in [3.05, 3.63) is 54.1 Å². The molecule has 1 fully saturated rings. The zero-order valence-electron chi connectivity index (χ0n) is 13.5. The van der Waals surface area contributed by atoms with Crippen molar-refractivity contribution in [3.63, 3.8) is 0 Å². The minimum atomic E-state index is -0.247. The smallest absolute Gasteiger partial charge is 0.253 e. The van der Waals surface area contributed by atoms with Crippen molar-refractivity contribution in [3.8, 4) is 0 Å². The van der Waals surface area contributed by atoms with Gasteiger partial charge in [0.25, 0.3) is 5.91 Å². The molecule has 1 N–H and O–H groups in total. The monoisotopic (exact) mass is 356 g/mol. The quantitative estimate of drug-likeness (QED) is 0.783. The molecule has 1 atom stereocenters. The van der Waals surface area contributed by atoms with E-state index in [4.69, 9.17) is 0 Å². The molecule has 0 spiro atoms. The second-order valence-electron chi connectivity index (χ2n) is 6.11. The first-order valence-electron chi connectivity index (χ1n) is 8.21. The predicted octanol–water partition coefficient (Wildman–Crippen LogP) is 3.23. The van der Waals surface area contributed by atoms with Crippen LogP contribution in [0.1, 0.15) is 23.2 Å². The Morgan fingerprint density at radius 3 is 3.12 bits per heavy atom. The van der Waals surface area contributed by atoms with Crippen molar-refractivity contribution < 1.29 is 9.18 Å². The summed E-state index contributed by atoms with van der Waals surface area (Å²) in [5.41, 5.74) is 1.37. The third kappa shape index (κ3) is 3.46. The van der Waals surface area contributed by atoms with E-state index < -0.39 is 0 Å². The SMILES string of the molecule is O=C(NC1CCCN(c2nc3ccc(F)cc3s2)C1)c1cccnc1. The van der Waals surface area contributed by atoms with E-state index in [2.05, 4.69) is 20.2 Å². The second-order valence-corrected chi connectivity index (χ2v) is 7.12. The van der Waals surface area contributed by atoms with Gasteiger partial charge in [0.2, 0.25) is 0 Å². The first kappa shape index (κ1) is 16.0. The number of amides is 1. The Labute approximate surface area is 148 Å². The molecular formula is C18H17FN4OS. The van der Waals surface area contributed by atoms with E-state index >= 15 is 0 Å². The van der Waals surface area contributed by atoms with Crippen LogP contribution in [0, 0.1) is 5.82 Å². The minimum absolute atomic E-state index is 0.0604. The highest BCUT2D eigenvalue weighted by Gasteiger charge is 2.24. The van der Waals surface area contributed by atoms with Gasteiger partial charge >= 0.3 is 0 Å². The van der Waals surface area contributed by atoms with E-state index in [-0.39, 0.29) is 17.8 Å². The number of fused-ring (bicyclic) bond motifs is 1. The van der Waals surface area contributed by atoms with Gasteiger partial charge < -0.3 is 10.2 Å². The van der Waals surface area contributed by atoms with E-state index in [9.17, 15) is 9.18 Å². The van der Waals surface area contributed by atoms with Crippen LogP contribution >= 0.6 is 11.3 Å². The lowest BCUT2D eigenvalue weighted by Crippen LogP contribution is -2.47. The third-order valence-electron chi connectivity index (χ3n) is 4.29. The number of nitrogens with one attached hydrogen (secondary N) is 1. The summed E-state index contributed by atoms with van der Waals surface area (Å²) in [6.45, 7) is 1.59. The van der Waals surface area contributed by atoms with Crippen molar-refractivity contribution in [1.29, 1.82) is 0 Å². The fourth-order valence-electron chi connectivity index (χ4n) is 3.06. The van der Waals surface area contributed by atoms with Crippen LogP contribution in [0.25, 0.3) is 10.2 Å².